The molecule has 0 spiro atoms. The zero-order chi connectivity index (χ0) is 13.2. The Hall–Kier alpha value is -2.69. The van der Waals surface area contributed by atoms with E-state index >= 15 is 0 Å². The van der Waals surface area contributed by atoms with Crippen LogP contribution in [-0.2, 0) is 0 Å². The number of pyridine rings is 1. The zero-order valence-electron chi connectivity index (χ0n) is 10.3. The Morgan fingerprint density at radius 1 is 1.16 bits per heavy atom. The number of H-pyrrole nitrogens is 1. The number of methoxy groups -OCH3 is 1. The molecule has 5 nitrogen and oxygen atoms in total. The highest BCUT2D eigenvalue weighted by atomic mass is 16.5. The number of aromatic amines is 1. The van der Waals surface area contributed by atoms with E-state index in [1.54, 1.807) is 31.5 Å². The molecular weight excluding hydrogens is 242 g/mol. The molecule has 5 heteroatoms. The number of hydrogen-bond donors (Lipinski definition) is 1. The molecule has 0 unspecified atom stereocenters. The van der Waals surface area contributed by atoms with Gasteiger partial charge in [0.25, 0.3) is 5.56 Å². The second-order valence-electron chi connectivity index (χ2n) is 4.00. The second-order valence-corrected chi connectivity index (χ2v) is 4.00. The standard InChI is InChI=1S/C14H11N3O2/c1-19-11-7-4-5-9-12(11)13(16-17-14(9)18)10-6-2-3-8-15-10/h2-8H,1H3,(H,17,18). The van der Waals surface area contributed by atoms with Gasteiger partial charge in [-0.25, -0.2) is 5.10 Å². The Kier molecular flexibility index (Phi) is 2.72. The molecule has 19 heavy (non-hydrogen) atoms. The number of rotatable bonds is 2. The summed E-state index contributed by atoms with van der Waals surface area (Å²) in [6.45, 7) is 0. The molecular formula is C14H11N3O2. The first-order chi connectivity index (χ1) is 9.31. The molecule has 1 aromatic carbocycles. The molecule has 3 rings (SSSR count). The van der Waals surface area contributed by atoms with Crippen molar-refractivity contribution in [2.75, 3.05) is 7.11 Å². The fourth-order valence-corrected chi connectivity index (χ4v) is 2.05. The van der Waals surface area contributed by atoms with Gasteiger partial charge in [-0.3, -0.25) is 9.78 Å². The monoisotopic (exact) mass is 253 g/mol. The molecule has 1 N–H and O–H groups in total. The number of benzene rings is 1. The molecule has 3 aromatic rings. The summed E-state index contributed by atoms with van der Waals surface area (Å²) in [6, 6.07) is 10.9. The van der Waals surface area contributed by atoms with Crippen molar-refractivity contribution in [1.82, 2.24) is 15.2 Å². The predicted octanol–water partition coefficient (Wildman–Crippen LogP) is 1.99. The minimum Gasteiger partial charge on any atom is -0.496 e. The lowest BCUT2D eigenvalue weighted by Gasteiger charge is -2.08. The number of nitrogens with one attached hydrogen (secondary N) is 1. The Morgan fingerprint density at radius 2 is 2.05 bits per heavy atom. The van der Waals surface area contributed by atoms with Gasteiger partial charge in [-0.15, -0.1) is 0 Å². The topological polar surface area (TPSA) is 67.9 Å². The first kappa shape index (κ1) is 11.4. The van der Waals surface area contributed by atoms with Crippen LogP contribution in [0.5, 0.6) is 5.75 Å². The van der Waals surface area contributed by atoms with Crippen LogP contribution in [0, 0.1) is 0 Å². The third kappa shape index (κ3) is 1.85. The molecule has 0 amide bonds. The van der Waals surface area contributed by atoms with Gasteiger partial charge in [0.1, 0.15) is 11.4 Å². The highest BCUT2D eigenvalue weighted by molar-refractivity contribution is 5.97. The van der Waals surface area contributed by atoms with Crippen LogP contribution in [0.1, 0.15) is 0 Å². The van der Waals surface area contributed by atoms with Crippen LogP contribution in [-0.4, -0.2) is 22.3 Å². The van der Waals surface area contributed by atoms with Gasteiger partial charge in [0, 0.05) is 6.20 Å². The Labute approximate surface area is 108 Å². The van der Waals surface area contributed by atoms with Crippen LogP contribution in [0.2, 0.25) is 0 Å². The molecule has 0 radical (unpaired) electrons. The van der Waals surface area contributed by atoms with E-state index in [1.807, 2.05) is 18.2 Å². The average Bonchev–Trinajstić information content (AvgIpc) is 2.48. The zero-order valence-corrected chi connectivity index (χ0v) is 10.3. The first-order valence-corrected chi connectivity index (χ1v) is 5.78. The molecule has 0 saturated carbocycles. The van der Waals surface area contributed by atoms with Crippen LogP contribution < -0.4 is 10.3 Å². The van der Waals surface area contributed by atoms with E-state index in [-0.39, 0.29) is 5.56 Å². The number of ether oxygens (including phenoxy) is 1. The smallest absolute Gasteiger partial charge is 0.272 e. The lowest BCUT2D eigenvalue weighted by atomic mass is 10.1. The third-order valence-electron chi connectivity index (χ3n) is 2.90. The van der Waals surface area contributed by atoms with Crippen LogP contribution in [0.25, 0.3) is 22.2 Å². The van der Waals surface area contributed by atoms with Gasteiger partial charge in [0.2, 0.25) is 0 Å². The maximum atomic E-state index is 11.8. The van der Waals surface area contributed by atoms with Gasteiger partial charge >= 0.3 is 0 Å². The fraction of sp³-hybridized carbons (Fsp3) is 0.0714. The van der Waals surface area contributed by atoms with Gasteiger partial charge in [-0.1, -0.05) is 12.1 Å². The summed E-state index contributed by atoms with van der Waals surface area (Å²) in [5, 5.41) is 7.81. The first-order valence-electron chi connectivity index (χ1n) is 5.78. The SMILES string of the molecule is COc1cccc2c(=O)[nH]nc(-c3ccccn3)c12. The van der Waals surface area contributed by atoms with Crippen molar-refractivity contribution >= 4 is 10.8 Å². The van der Waals surface area contributed by atoms with Crippen LogP contribution in [0.4, 0.5) is 0 Å². The predicted molar refractivity (Wildman–Crippen MR) is 72.1 cm³/mol. The number of nitrogens with zero attached hydrogens (tertiary/aromatic N) is 2. The van der Waals surface area contributed by atoms with Crippen molar-refractivity contribution in [3.63, 3.8) is 0 Å². The molecule has 94 valence electrons. The molecule has 0 fully saturated rings. The lowest BCUT2D eigenvalue weighted by molar-refractivity contribution is 0.419. The van der Waals surface area contributed by atoms with E-state index in [1.165, 1.54) is 0 Å². The summed E-state index contributed by atoms with van der Waals surface area (Å²) < 4.78 is 5.32. The molecule has 0 bridgehead atoms. The van der Waals surface area contributed by atoms with Gasteiger partial charge in [-0.2, -0.15) is 5.10 Å². The Bertz CT molecular complexity index is 782. The maximum Gasteiger partial charge on any atom is 0.272 e. The van der Waals surface area contributed by atoms with E-state index in [0.717, 1.165) is 0 Å². The van der Waals surface area contributed by atoms with E-state index < -0.39 is 0 Å². The number of fused-ring (bicyclic) bond motifs is 1. The molecule has 2 heterocycles. The molecule has 2 aromatic heterocycles. The molecule has 0 saturated heterocycles. The minimum absolute atomic E-state index is 0.242. The number of hydrogen-bond acceptors (Lipinski definition) is 4. The largest absolute Gasteiger partial charge is 0.496 e. The van der Waals surface area contributed by atoms with E-state index in [0.29, 0.717) is 27.9 Å². The van der Waals surface area contributed by atoms with Crippen molar-refractivity contribution < 1.29 is 4.74 Å². The van der Waals surface area contributed by atoms with Crippen molar-refractivity contribution in [2.24, 2.45) is 0 Å². The molecule has 0 aliphatic carbocycles. The van der Waals surface area contributed by atoms with Gasteiger partial charge in [-0.05, 0) is 24.3 Å². The van der Waals surface area contributed by atoms with Gasteiger partial charge in [0.15, 0.2) is 0 Å². The molecule has 0 aliphatic rings. The Balaban J connectivity index is 2.44. The van der Waals surface area contributed by atoms with Crippen LogP contribution in [0.15, 0.2) is 47.4 Å². The number of aromatic nitrogens is 3. The van der Waals surface area contributed by atoms with Crippen molar-refractivity contribution in [2.45, 2.75) is 0 Å². The second kappa shape index (κ2) is 4.53. The normalized spacial score (nSPS) is 10.6. The lowest BCUT2D eigenvalue weighted by Crippen LogP contribution is -2.10. The van der Waals surface area contributed by atoms with E-state index in [4.69, 9.17) is 4.74 Å². The van der Waals surface area contributed by atoms with Crippen molar-refractivity contribution in [1.29, 1.82) is 0 Å². The summed E-state index contributed by atoms with van der Waals surface area (Å²) >= 11 is 0. The molecule has 0 atom stereocenters. The van der Waals surface area contributed by atoms with Gasteiger partial charge < -0.3 is 4.74 Å². The Morgan fingerprint density at radius 3 is 2.79 bits per heavy atom. The summed E-state index contributed by atoms with van der Waals surface area (Å²) in [4.78, 5) is 16.1. The highest BCUT2D eigenvalue weighted by Gasteiger charge is 2.13. The summed E-state index contributed by atoms with van der Waals surface area (Å²) in [5.74, 6) is 0.608. The van der Waals surface area contributed by atoms with Crippen LogP contribution >= 0.6 is 0 Å². The van der Waals surface area contributed by atoms with Crippen molar-refractivity contribution in [3.05, 3.63) is 52.9 Å². The van der Waals surface area contributed by atoms with E-state index in [9.17, 15) is 4.79 Å². The fourth-order valence-electron chi connectivity index (χ4n) is 2.05. The average molecular weight is 253 g/mol. The third-order valence-corrected chi connectivity index (χ3v) is 2.90. The minimum atomic E-state index is -0.242. The van der Waals surface area contributed by atoms with Crippen molar-refractivity contribution in [3.8, 4) is 17.1 Å². The van der Waals surface area contributed by atoms with Crippen LogP contribution in [0.3, 0.4) is 0 Å². The summed E-state index contributed by atoms with van der Waals surface area (Å²) in [5.41, 5.74) is 1.05. The van der Waals surface area contributed by atoms with Gasteiger partial charge in [0.05, 0.1) is 23.6 Å². The maximum absolute atomic E-state index is 11.8. The summed E-state index contributed by atoms with van der Waals surface area (Å²) in [7, 11) is 1.57. The van der Waals surface area contributed by atoms with E-state index in [2.05, 4.69) is 15.2 Å². The molecule has 0 aliphatic heterocycles. The summed E-state index contributed by atoms with van der Waals surface area (Å²) in [6.07, 6.45) is 1.68. The highest BCUT2D eigenvalue weighted by Crippen LogP contribution is 2.30. The quantitative estimate of drug-likeness (QED) is 0.758.